The molecule has 19 heavy (non-hydrogen) atoms. The molecule has 0 heterocycles. The van der Waals surface area contributed by atoms with Crippen molar-refractivity contribution in [2.45, 2.75) is 59.4 Å². The summed E-state index contributed by atoms with van der Waals surface area (Å²) in [6, 6.07) is 0. The third-order valence-electron chi connectivity index (χ3n) is 2.43. The molecule has 0 aromatic carbocycles. The van der Waals surface area contributed by atoms with E-state index >= 15 is 0 Å². The number of carbonyl (C=O) groups excluding carboxylic acids is 1. The maximum Gasteiger partial charge on any atom is 0.305 e. The smallest absolute Gasteiger partial charge is 0.305 e. The van der Waals surface area contributed by atoms with E-state index in [1.807, 2.05) is 13.8 Å². The Kier molecular flexibility index (Phi) is 6.48. The topological polar surface area (TPSA) is 72.5 Å². The SMILES string of the molecule is COC(=O)CCCS(=O)(=O)NC(C)(C)CC(C)(C)C. The zero-order chi connectivity index (χ0) is 15.3. The fourth-order valence-corrected chi connectivity index (χ4v) is 3.88. The zero-order valence-corrected chi connectivity index (χ0v) is 13.7. The number of hydrogen-bond acceptors (Lipinski definition) is 4. The molecule has 5 nitrogen and oxygen atoms in total. The fourth-order valence-electron chi connectivity index (χ4n) is 2.34. The zero-order valence-electron chi connectivity index (χ0n) is 12.9. The van der Waals surface area contributed by atoms with Gasteiger partial charge in [0.2, 0.25) is 10.0 Å². The highest BCUT2D eigenvalue weighted by atomic mass is 32.2. The van der Waals surface area contributed by atoms with Crippen LogP contribution in [0.1, 0.15) is 53.9 Å². The Labute approximate surface area is 117 Å². The quantitative estimate of drug-likeness (QED) is 0.729. The normalized spacial score (nSPS) is 13.4. The molecule has 114 valence electrons. The molecule has 0 spiro atoms. The standard InChI is InChI=1S/C13H27NO4S/c1-12(2,3)10-13(4,5)14-19(16,17)9-7-8-11(15)18-6/h14H,7-10H2,1-6H3. The van der Waals surface area contributed by atoms with Crippen LogP contribution in [0.5, 0.6) is 0 Å². The molecule has 0 aliphatic heterocycles. The first-order valence-corrected chi connectivity index (χ1v) is 8.11. The number of hydrogen-bond donors (Lipinski definition) is 1. The Morgan fingerprint density at radius 3 is 2.11 bits per heavy atom. The lowest BCUT2D eigenvalue weighted by atomic mass is 9.82. The molecule has 0 saturated heterocycles. The first-order valence-electron chi connectivity index (χ1n) is 6.45. The van der Waals surface area contributed by atoms with Crippen molar-refractivity contribution >= 4 is 16.0 Å². The summed E-state index contributed by atoms with van der Waals surface area (Å²) in [6.07, 6.45) is 1.13. The monoisotopic (exact) mass is 293 g/mol. The van der Waals surface area contributed by atoms with Crippen molar-refractivity contribution in [1.82, 2.24) is 4.72 Å². The molecular weight excluding hydrogens is 266 g/mol. The maximum atomic E-state index is 11.9. The van der Waals surface area contributed by atoms with E-state index in [-0.39, 0.29) is 30.0 Å². The molecule has 0 saturated carbocycles. The average molecular weight is 293 g/mol. The molecule has 6 heteroatoms. The molecule has 0 amide bonds. The minimum Gasteiger partial charge on any atom is -0.469 e. The Morgan fingerprint density at radius 2 is 1.68 bits per heavy atom. The summed E-state index contributed by atoms with van der Waals surface area (Å²) in [4.78, 5) is 10.9. The van der Waals surface area contributed by atoms with Gasteiger partial charge in [0.15, 0.2) is 0 Å². The molecule has 0 unspecified atom stereocenters. The molecule has 0 aromatic rings. The second-order valence-electron chi connectivity index (χ2n) is 6.72. The highest BCUT2D eigenvalue weighted by Gasteiger charge is 2.29. The van der Waals surface area contributed by atoms with Crippen molar-refractivity contribution in [2.75, 3.05) is 12.9 Å². The number of ether oxygens (including phenoxy) is 1. The summed E-state index contributed by atoms with van der Waals surface area (Å²) in [6.45, 7) is 9.95. The largest absolute Gasteiger partial charge is 0.469 e. The van der Waals surface area contributed by atoms with Gasteiger partial charge in [-0.15, -0.1) is 0 Å². The maximum absolute atomic E-state index is 11.9. The third kappa shape index (κ3) is 9.90. The minimum atomic E-state index is -3.37. The molecule has 0 atom stereocenters. The average Bonchev–Trinajstić information content (AvgIpc) is 2.10. The molecule has 0 fully saturated rings. The summed E-state index contributed by atoms with van der Waals surface area (Å²) >= 11 is 0. The van der Waals surface area contributed by atoms with Gasteiger partial charge in [-0.05, 0) is 32.1 Å². The number of carbonyl (C=O) groups is 1. The second kappa shape index (κ2) is 6.70. The van der Waals surface area contributed by atoms with Crippen molar-refractivity contribution in [1.29, 1.82) is 0 Å². The first-order chi connectivity index (χ1) is 8.37. The van der Waals surface area contributed by atoms with Gasteiger partial charge in [0.1, 0.15) is 0 Å². The van der Waals surface area contributed by atoms with Crippen molar-refractivity contribution in [3.05, 3.63) is 0 Å². The lowest BCUT2D eigenvalue weighted by Crippen LogP contribution is -2.46. The Morgan fingerprint density at radius 1 is 1.16 bits per heavy atom. The van der Waals surface area contributed by atoms with Gasteiger partial charge < -0.3 is 4.74 Å². The molecule has 0 bridgehead atoms. The predicted molar refractivity (Wildman–Crippen MR) is 76.3 cm³/mol. The fraction of sp³-hybridized carbons (Fsp3) is 0.923. The van der Waals surface area contributed by atoms with Crippen LogP contribution >= 0.6 is 0 Å². The Balaban J connectivity index is 4.40. The summed E-state index contributed by atoms with van der Waals surface area (Å²) in [5.41, 5.74) is -0.458. The van der Waals surface area contributed by atoms with E-state index in [0.29, 0.717) is 0 Å². The van der Waals surface area contributed by atoms with Gasteiger partial charge in [-0.25, -0.2) is 13.1 Å². The van der Waals surface area contributed by atoms with Crippen LogP contribution in [-0.2, 0) is 19.6 Å². The number of esters is 1. The van der Waals surface area contributed by atoms with Crippen LogP contribution in [0.4, 0.5) is 0 Å². The van der Waals surface area contributed by atoms with E-state index in [1.165, 1.54) is 7.11 Å². The molecule has 0 radical (unpaired) electrons. The highest BCUT2D eigenvalue weighted by molar-refractivity contribution is 7.89. The molecular formula is C13H27NO4S. The molecule has 0 rings (SSSR count). The highest BCUT2D eigenvalue weighted by Crippen LogP contribution is 2.27. The van der Waals surface area contributed by atoms with Crippen LogP contribution in [-0.4, -0.2) is 32.8 Å². The van der Waals surface area contributed by atoms with Crippen LogP contribution in [0.25, 0.3) is 0 Å². The number of methoxy groups -OCH3 is 1. The van der Waals surface area contributed by atoms with E-state index in [2.05, 4.69) is 30.2 Å². The van der Waals surface area contributed by atoms with Gasteiger partial charge >= 0.3 is 5.97 Å². The summed E-state index contributed by atoms with van der Waals surface area (Å²) in [7, 11) is -2.08. The number of rotatable bonds is 7. The Bertz CT molecular complexity index is 393. The van der Waals surface area contributed by atoms with Crippen molar-refractivity contribution in [3.63, 3.8) is 0 Å². The van der Waals surface area contributed by atoms with Crippen molar-refractivity contribution < 1.29 is 17.9 Å². The summed E-state index contributed by atoms with van der Waals surface area (Å²) in [5, 5.41) is 0. The van der Waals surface area contributed by atoms with E-state index in [4.69, 9.17) is 0 Å². The molecule has 0 aliphatic carbocycles. The second-order valence-corrected chi connectivity index (χ2v) is 8.56. The van der Waals surface area contributed by atoms with E-state index in [9.17, 15) is 13.2 Å². The van der Waals surface area contributed by atoms with Crippen LogP contribution < -0.4 is 4.72 Å². The van der Waals surface area contributed by atoms with Gasteiger partial charge in [-0.3, -0.25) is 4.79 Å². The van der Waals surface area contributed by atoms with Crippen molar-refractivity contribution in [3.8, 4) is 0 Å². The molecule has 1 N–H and O–H groups in total. The van der Waals surface area contributed by atoms with Crippen molar-refractivity contribution in [2.24, 2.45) is 5.41 Å². The van der Waals surface area contributed by atoms with E-state index in [0.717, 1.165) is 6.42 Å². The number of sulfonamides is 1. The van der Waals surface area contributed by atoms with Gasteiger partial charge in [0.05, 0.1) is 12.9 Å². The lowest BCUT2D eigenvalue weighted by Gasteiger charge is -2.32. The predicted octanol–water partition coefficient (Wildman–Crippen LogP) is 2.07. The molecule has 0 aromatic heterocycles. The van der Waals surface area contributed by atoms with Crippen LogP contribution in [0.15, 0.2) is 0 Å². The first kappa shape index (κ1) is 18.4. The lowest BCUT2D eigenvalue weighted by molar-refractivity contribution is -0.140. The van der Waals surface area contributed by atoms with Gasteiger partial charge in [-0.2, -0.15) is 0 Å². The molecule has 0 aliphatic rings. The third-order valence-corrected chi connectivity index (χ3v) is 4.12. The van der Waals surface area contributed by atoms with Crippen LogP contribution in [0.3, 0.4) is 0 Å². The van der Waals surface area contributed by atoms with Gasteiger partial charge in [0, 0.05) is 12.0 Å². The van der Waals surface area contributed by atoms with Crippen LogP contribution in [0.2, 0.25) is 0 Å². The summed E-state index contributed by atoms with van der Waals surface area (Å²) in [5.74, 6) is -0.445. The van der Waals surface area contributed by atoms with E-state index < -0.39 is 15.6 Å². The van der Waals surface area contributed by atoms with E-state index in [1.54, 1.807) is 0 Å². The van der Waals surface area contributed by atoms with Gasteiger partial charge in [0.25, 0.3) is 0 Å². The minimum absolute atomic E-state index is 0.0397. The van der Waals surface area contributed by atoms with Gasteiger partial charge in [-0.1, -0.05) is 20.8 Å². The van der Waals surface area contributed by atoms with Crippen LogP contribution in [0, 0.1) is 5.41 Å². The summed E-state index contributed by atoms with van der Waals surface area (Å²) < 4.78 is 31.1. The Hall–Kier alpha value is -0.620. The number of nitrogens with one attached hydrogen (secondary N) is 1.